The molecule has 0 bridgehead atoms. The maximum Gasteiger partial charge on any atom is 0.241 e. The summed E-state index contributed by atoms with van der Waals surface area (Å²) in [7, 11) is -3.03. The molecule has 1 rings (SSSR count). The molecule has 19 heavy (non-hydrogen) atoms. The van der Waals surface area contributed by atoms with Crippen molar-refractivity contribution in [2.75, 3.05) is 18.1 Å². The molecule has 0 aromatic heterocycles. The predicted molar refractivity (Wildman–Crippen MR) is 76.5 cm³/mol. The molecule has 3 atom stereocenters. The molecule has 1 amide bonds. The SMILES string of the molecule is CCC(C)C1NC(CC)N(CCS(=O)(=O)CC)C1=O. The second kappa shape index (κ2) is 6.70. The van der Waals surface area contributed by atoms with E-state index in [0.717, 1.165) is 12.8 Å². The first-order chi connectivity index (χ1) is 8.86. The van der Waals surface area contributed by atoms with Crippen molar-refractivity contribution in [2.24, 2.45) is 5.92 Å². The zero-order valence-corrected chi connectivity index (χ0v) is 13.2. The molecule has 0 aromatic rings. The zero-order valence-electron chi connectivity index (χ0n) is 12.3. The highest BCUT2D eigenvalue weighted by molar-refractivity contribution is 7.91. The largest absolute Gasteiger partial charge is 0.325 e. The smallest absolute Gasteiger partial charge is 0.241 e. The topological polar surface area (TPSA) is 66.5 Å². The summed E-state index contributed by atoms with van der Waals surface area (Å²) in [6.07, 6.45) is 1.70. The van der Waals surface area contributed by atoms with Gasteiger partial charge in [0.05, 0.1) is 18.0 Å². The van der Waals surface area contributed by atoms with E-state index in [1.54, 1.807) is 11.8 Å². The first-order valence-corrected chi connectivity index (χ1v) is 8.95. The fourth-order valence-electron chi connectivity index (χ4n) is 2.33. The third-order valence-electron chi connectivity index (χ3n) is 3.98. The van der Waals surface area contributed by atoms with Crippen molar-refractivity contribution in [2.45, 2.75) is 52.7 Å². The van der Waals surface area contributed by atoms with Gasteiger partial charge in [-0.2, -0.15) is 0 Å². The number of nitrogens with zero attached hydrogens (tertiary/aromatic N) is 1. The van der Waals surface area contributed by atoms with Crippen LogP contribution in [0.2, 0.25) is 0 Å². The van der Waals surface area contributed by atoms with E-state index in [4.69, 9.17) is 0 Å². The van der Waals surface area contributed by atoms with Crippen LogP contribution in [0.15, 0.2) is 0 Å². The van der Waals surface area contributed by atoms with Crippen LogP contribution in [0.1, 0.15) is 40.5 Å². The minimum absolute atomic E-state index is 0.0291. The summed E-state index contributed by atoms with van der Waals surface area (Å²) < 4.78 is 23.1. The number of hydrogen-bond donors (Lipinski definition) is 1. The number of rotatable bonds is 7. The molecule has 0 spiro atoms. The van der Waals surface area contributed by atoms with Gasteiger partial charge in [0.25, 0.3) is 0 Å². The van der Waals surface area contributed by atoms with Gasteiger partial charge in [0.1, 0.15) is 0 Å². The van der Waals surface area contributed by atoms with E-state index in [1.807, 2.05) is 6.92 Å². The molecule has 3 unspecified atom stereocenters. The van der Waals surface area contributed by atoms with Crippen LogP contribution in [-0.4, -0.2) is 49.5 Å². The number of amides is 1. The van der Waals surface area contributed by atoms with Crippen molar-refractivity contribution in [3.63, 3.8) is 0 Å². The van der Waals surface area contributed by atoms with E-state index < -0.39 is 9.84 Å². The number of carbonyl (C=O) groups is 1. The molecule has 1 fully saturated rings. The van der Waals surface area contributed by atoms with Crippen molar-refractivity contribution < 1.29 is 13.2 Å². The Morgan fingerprint density at radius 2 is 1.95 bits per heavy atom. The Morgan fingerprint density at radius 3 is 2.42 bits per heavy atom. The van der Waals surface area contributed by atoms with Crippen molar-refractivity contribution >= 4 is 15.7 Å². The number of nitrogens with one attached hydrogen (secondary N) is 1. The van der Waals surface area contributed by atoms with Gasteiger partial charge in [0.15, 0.2) is 9.84 Å². The first kappa shape index (κ1) is 16.4. The highest BCUT2D eigenvalue weighted by Gasteiger charge is 2.40. The van der Waals surface area contributed by atoms with Crippen LogP contribution in [0.4, 0.5) is 0 Å². The molecule has 1 heterocycles. The maximum absolute atomic E-state index is 12.3. The minimum Gasteiger partial charge on any atom is -0.325 e. The number of carbonyl (C=O) groups excluding carboxylic acids is 1. The van der Waals surface area contributed by atoms with Gasteiger partial charge in [0.2, 0.25) is 5.91 Å². The third-order valence-corrected chi connectivity index (χ3v) is 5.66. The molecule has 6 heteroatoms. The lowest BCUT2D eigenvalue weighted by molar-refractivity contribution is -0.130. The highest BCUT2D eigenvalue weighted by Crippen LogP contribution is 2.20. The second-order valence-corrected chi connectivity index (χ2v) is 7.69. The molecule has 1 aliphatic rings. The average Bonchev–Trinajstić information content (AvgIpc) is 2.72. The van der Waals surface area contributed by atoms with Crippen molar-refractivity contribution in [3.05, 3.63) is 0 Å². The van der Waals surface area contributed by atoms with Gasteiger partial charge < -0.3 is 4.90 Å². The molecule has 0 aromatic carbocycles. The Balaban J connectivity index is 2.73. The van der Waals surface area contributed by atoms with Gasteiger partial charge in [-0.1, -0.05) is 34.1 Å². The fraction of sp³-hybridized carbons (Fsp3) is 0.923. The second-order valence-electron chi connectivity index (χ2n) is 5.22. The first-order valence-electron chi connectivity index (χ1n) is 7.13. The molecule has 1 saturated heterocycles. The van der Waals surface area contributed by atoms with Crippen LogP contribution in [-0.2, 0) is 14.6 Å². The molecule has 0 radical (unpaired) electrons. The van der Waals surface area contributed by atoms with E-state index >= 15 is 0 Å². The van der Waals surface area contributed by atoms with Crippen molar-refractivity contribution in [1.29, 1.82) is 0 Å². The third kappa shape index (κ3) is 3.92. The average molecular weight is 290 g/mol. The summed E-state index contributed by atoms with van der Waals surface area (Å²) in [6.45, 7) is 8.05. The Labute approximate surface area is 116 Å². The van der Waals surface area contributed by atoms with Gasteiger partial charge in [-0.3, -0.25) is 10.1 Å². The quantitative estimate of drug-likeness (QED) is 0.760. The summed E-state index contributed by atoms with van der Waals surface area (Å²) in [5, 5.41) is 3.33. The Hall–Kier alpha value is -0.620. The van der Waals surface area contributed by atoms with Gasteiger partial charge in [-0.15, -0.1) is 0 Å². The van der Waals surface area contributed by atoms with E-state index in [-0.39, 0.29) is 35.5 Å². The monoisotopic (exact) mass is 290 g/mol. The number of sulfone groups is 1. The standard InChI is InChI=1S/C13H26N2O3S/c1-5-10(4)12-13(16)15(11(6-2)14-12)8-9-19(17,18)7-3/h10-12,14H,5-9H2,1-4H3. The predicted octanol–water partition coefficient (Wildman–Crippen LogP) is 1.00. The molecule has 5 nitrogen and oxygen atoms in total. The lowest BCUT2D eigenvalue weighted by atomic mass is 9.99. The highest BCUT2D eigenvalue weighted by atomic mass is 32.2. The zero-order chi connectivity index (χ0) is 14.6. The molecule has 112 valence electrons. The summed E-state index contributed by atoms with van der Waals surface area (Å²) in [6, 6.07) is -0.167. The van der Waals surface area contributed by atoms with Gasteiger partial charge in [0, 0.05) is 12.3 Å². The van der Waals surface area contributed by atoms with Crippen molar-refractivity contribution in [1.82, 2.24) is 10.2 Å². The Kier molecular flexibility index (Phi) is 5.80. The molecule has 1 N–H and O–H groups in total. The number of hydrogen-bond acceptors (Lipinski definition) is 4. The fourth-order valence-corrected chi connectivity index (χ4v) is 3.09. The van der Waals surface area contributed by atoms with E-state index in [0.29, 0.717) is 6.54 Å². The van der Waals surface area contributed by atoms with E-state index in [2.05, 4.69) is 19.2 Å². The maximum atomic E-state index is 12.3. The van der Waals surface area contributed by atoms with Crippen LogP contribution in [0, 0.1) is 5.92 Å². The molecule has 0 saturated carbocycles. The Morgan fingerprint density at radius 1 is 1.32 bits per heavy atom. The molecular formula is C13H26N2O3S. The van der Waals surface area contributed by atoms with E-state index in [9.17, 15) is 13.2 Å². The lowest BCUT2D eigenvalue weighted by Crippen LogP contribution is -2.39. The van der Waals surface area contributed by atoms with E-state index in [1.165, 1.54) is 0 Å². The summed E-state index contributed by atoms with van der Waals surface area (Å²) in [4.78, 5) is 14.0. The van der Waals surface area contributed by atoms with Gasteiger partial charge in [-0.05, 0) is 12.3 Å². The van der Waals surface area contributed by atoms with Crippen LogP contribution in [0.3, 0.4) is 0 Å². The molecule has 1 aliphatic heterocycles. The summed E-state index contributed by atoms with van der Waals surface area (Å²) in [5.74, 6) is 0.510. The minimum atomic E-state index is -3.03. The van der Waals surface area contributed by atoms with Crippen LogP contribution in [0.5, 0.6) is 0 Å². The Bertz CT molecular complexity index is 408. The van der Waals surface area contributed by atoms with Crippen LogP contribution < -0.4 is 5.32 Å². The van der Waals surface area contributed by atoms with Crippen molar-refractivity contribution in [3.8, 4) is 0 Å². The van der Waals surface area contributed by atoms with Crippen LogP contribution in [0.25, 0.3) is 0 Å². The summed E-state index contributed by atoms with van der Waals surface area (Å²) in [5.41, 5.74) is 0. The summed E-state index contributed by atoms with van der Waals surface area (Å²) >= 11 is 0. The molecule has 0 aliphatic carbocycles. The lowest BCUT2D eigenvalue weighted by Gasteiger charge is -2.22. The van der Waals surface area contributed by atoms with Gasteiger partial charge >= 0.3 is 0 Å². The van der Waals surface area contributed by atoms with Crippen LogP contribution >= 0.6 is 0 Å². The normalized spacial score (nSPS) is 25.9. The molecular weight excluding hydrogens is 264 g/mol. The van der Waals surface area contributed by atoms with Gasteiger partial charge in [-0.25, -0.2) is 8.42 Å².